The van der Waals surface area contributed by atoms with Crippen LogP contribution in [0.25, 0.3) is 17.2 Å². The first-order valence-electron chi connectivity index (χ1n) is 9.34. The number of hydrogen-bond acceptors (Lipinski definition) is 2. The van der Waals surface area contributed by atoms with E-state index in [-0.39, 0.29) is 17.8 Å². The molecule has 0 bridgehead atoms. The van der Waals surface area contributed by atoms with Gasteiger partial charge in [0.25, 0.3) is 5.91 Å². The fraction of sp³-hybridized carbons (Fsp3) is 0.273. The van der Waals surface area contributed by atoms with Gasteiger partial charge in [0, 0.05) is 6.04 Å². The minimum atomic E-state index is -0.266. The molecule has 1 heterocycles. The van der Waals surface area contributed by atoms with E-state index in [4.69, 9.17) is 12.2 Å². The second-order valence-corrected chi connectivity index (χ2v) is 7.48. The lowest BCUT2D eigenvalue weighted by Gasteiger charge is -2.29. The monoisotopic (exact) mass is 380 g/mol. The Morgan fingerprint density at radius 3 is 2.48 bits per heavy atom. The topological polar surface area (TPSA) is 32.3 Å². The maximum atomic E-state index is 13.5. The largest absolute Gasteiger partial charge is 0.328 e. The predicted molar refractivity (Wildman–Crippen MR) is 109 cm³/mol. The van der Waals surface area contributed by atoms with Gasteiger partial charge in [0.1, 0.15) is 11.5 Å². The second kappa shape index (κ2) is 7.61. The van der Waals surface area contributed by atoms with Crippen molar-refractivity contribution in [3.63, 3.8) is 0 Å². The predicted octanol–water partition coefficient (Wildman–Crippen LogP) is 4.88. The highest BCUT2D eigenvalue weighted by Gasteiger charge is 2.36. The highest BCUT2D eigenvalue weighted by atomic mass is 32.1. The van der Waals surface area contributed by atoms with E-state index in [1.54, 1.807) is 11.0 Å². The molecule has 2 aromatic rings. The Balaban J connectivity index is 1.59. The van der Waals surface area contributed by atoms with Crippen LogP contribution in [0.5, 0.6) is 0 Å². The van der Waals surface area contributed by atoms with Crippen LogP contribution in [0.4, 0.5) is 4.39 Å². The molecular formula is C22H21FN2OS. The zero-order chi connectivity index (χ0) is 18.8. The van der Waals surface area contributed by atoms with E-state index < -0.39 is 0 Å². The van der Waals surface area contributed by atoms with Gasteiger partial charge in [-0.2, -0.15) is 0 Å². The summed E-state index contributed by atoms with van der Waals surface area (Å²) >= 11 is 5.42. The summed E-state index contributed by atoms with van der Waals surface area (Å²) in [6, 6.07) is 14.4. The number of rotatable bonds is 3. The molecule has 0 aromatic heterocycles. The van der Waals surface area contributed by atoms with Crippen LogP contribution in [0.1, 0.15) is 37.7 Å². The zero-order valence-electron chi connectivity index (χ0n) is 15.0. The third-order valence-electron chi connectivity index (χ3n) is 5.21. The van der Waals surface area contributed by atoms with Crippen LogP contribution in [-0.2, 0) is 4.79 Å². The molecule has 0 spiro atoms. The molecule has 2 aliphatic rings. The van der Waals surface area contributed by atoms with Crippen LogP contribution >= 0.6 is 12.2 Å². The van der Waals surface area contributed by atoms with E-state index in [2.05, 4.69) is 5.32 Å². The van der Waals surface area contributed by atoms with E-state index in [1.165, 1.54) is 18.6 Å². The molecule has 1 aliphatic carbocycles. The van der Waals surface area contributed by atoms with Gasteiger partial charge in [-0.15, -0.1) is 0 Å². The molecule has 0 radical (unpaired) electrons. The molecule has 0 atom stereocenters. The van der Waals surface area contributed by atoms with E-state index in [0.717, 1.165) is 42.4 Å². The molecule has 1 amide bonds. The van der Waals surface area contributed by atoms with Crippen molar-refractivity contribution in [2.75, 3.05) is 0 Å². The molecule has 0 unspecified atom stereocenters. The Labute approximate surface area is 163 Å². The van der Waals surface area contributed by atoms with Crippen molar-refractivity contribution in [2.24, 2.45) is 0 Å². The van der Waals surface area contributed by atoms with Crippen molar-refractivity contribution in [3.8, 4) is 11.1 Å². The molecule has 1 aliphatic heterocycles. The molecule has 5 heteroatoms. The third-order valence-corrected chi connectivity index (χ3v) is 5.50. The van der Waals surface area contributed by atoms with Crippen molar-refractivity contribution >= 4 is 29.3 Å². The lowest BCUT2D eigenvalue weighted by Crippen LogP contribution is -2.41. The SMILES string of the molecule is O=C1C(=Cc2cccc(-c3cccc(F)c3)c2)NC(=S)N1C1CCCCC1. The number of halogens is 1. The van der Waals surface area contributed by atoms with Crippen LogP contribution in [0.3, 0.4) is 0 Å². The van der Waals surface area contributed by atoms with Crippen molar-refractivity contribution in [1.82, 2.24) is 10.2 Å². The van der Waals surface area contributed by atoms with Gasteiger partial charge in [-0.3, -0.25) is 9.69 Å². The summed E-state index contributed by atoms with van der Waals surface area (Å²) in [5, 5.41) is 3.58. The first-order chi connectivity index (χ1) is 13.1. The van der Waals surface area contributed by atoms with Crippen LogP contribution < -0.4 is 5.32 Å². The second-order valence-electron chi connectivity index (χ2n) is 7.09. The van der Waals surface area contributed by atoms with Gasteiger partial charge in [-0.1, -0.05) is 49.6 Å². The summed E-state index contributed by atoms with van der Waals surface area (Å²) in [7, 11) is 0. The van der Waals surface area contributed by atoms with Gasteiger partial charge < -0.3 is 5.32 Å². The summed E-state index contributed by atoms with van der Waals surface area (Å²) in [6.07, 6.45) is 7.36. The number of carbonyl (C=O) groups is 1. The van der Waals surface area contributed by atoms with E-state index >= 15 is 0 Å². The Morgan fingerprint density at radius 1 is 1.04 bits per heavy atom. The average Bonchev–Trinajstić information content (AvgIpc) is 2.96. The van der Waals surface area contributed by atoms with Crippen LogP contribution in [-0.4, -0.2) is 22.0 Å². The number of benzene rings is 2. The first kappa shape index (κ1) is 17.9. The summed E-state index contributed by atoms with van der Waals surface area (Å²) < 4.78 is 13.5. The van der Waals surface area contributed by atoms with E-state index in [1.807, 2.05) is 36.4 Å². The van der Waals surface area contributed by atoms with Gasteiger partial charge in [-0.05, 0) is 66.0 Å². The molecule has 27 heavy (non-hydrogen) atoms. The lowest BCUT2D eigenvalue weighted by molar-refractivity contribution is -0.124. The Hall–Kier alpha value is -2.53. The standard InChI is InChI=1S/C22H21FN2OS/c23-18-9-5-8-17(14-18)16-7-4-6-15(12-16)13-20-21(26)25(22(27)24-20)19-10-2-1-3-11-19/h4-9,12-14,19H,1-3,10-11H2,(H,24,27). The Kier molecular flexibility index (Phi) is 5.03. The molecule has 138 valence electrons. The van der Waals surface area contributed by atoms with Gasteiger partial charge in [0.05, 0.1) is 0 Å². The first-order valence-corrected chi connectivity index (χ1v) is 9.75. The smallest absolute Gasteiger partial charge is 0.276 e. The maximum absolute atomic E-state index is 13.5. The highest BCUT2D eigenvalue weighted by Crippen LogP contribution is 2.27. The molecule has 1 N–H and O–H groups in total. The fourth-order valence-electron chi connectivity index (χ4n) is 3.86. The Bertz CT molecular complexity index is 918. The van der Waals surface area contributed by atoms with Gasteiger partial charge in [-0.25, -0.2) is 4.39 Å². The van der Waals surface area contributed by atoms with Crippen molar-refractivity contribution in [1.29, 1.82) is 0 Å². The fourth-order valence-corrected chi connectivity index (χ4v) is 4.20. The van der Waals surface area contributed by atoms with E-state index in [9.17, 15) is 9.18 Å². The molecule has 2 aromatic carbocycles. The minimum Gasteiger partial charge on any atom is -0.328 e. The number of amides is 1. The van der Waals surface area contributed by atoms with E-state index in [0.29, 0.717) is 10.8 Å². The third kappa shape index (κ3) is 3.78. The summed E-state index contributed by atoms with van der Waals surface area (Å²) in [6.45, 7) is 0. The molecule has 4 rings (SSSR count). The van der Waals surface area contributed by atoms with Crippen molar-refractivity contribution in [2.45, 2.75) is 38.1 Å². The number of nitrogens with zero attached hydrogens (tertiary/aromatic N) is 1. The number of hydrogen-bond donors (Lipinski definition) is 1. The van der Waals surface area contributed by atoms with Crippen LogP contribution in [0, 0.1) is 5.82 Å². The molecule has 1 saturated carbocycles. The zero-order valence-corrected chi connectivity index (χ0v) is 15.8. The lowest BCUT2D eigenvalue weighted by atomic mass is 9.94. The Morgan fingerprint density at radius 2 is 1.74 bits per heavy atom. The van der Waals surface area contributed by atoms with Gasteiger partial charge >= 0.3 is 0 Å². The number of carbonyl (C=O) groups excluding carboxylic acids is 1. The van der Waals surface area contributed by atoms with Gasteiger partial charge in [0.15, 0.2) is 5.11 Å². The van der Waals surface area contributed by atoms with Crippen molar-refractivity contribution in [3.05, 3.63) is 65.6 Å². The number of thiocarbonyl (C=S) groups is 1. The molecular weight excluding hydrogens is 359 g/mol. The van der Waals surface area contributed by atoms with Crippen molar-refractivity contribution < 1.29 is 9.18 Å². The molecule has 2 fully saturated rings. The van der Waals surface area contributed by atoms with Crippen LogP contribution in [0.15, 0.2) is 54.2 Å². The maximum Gasteiger partial charge on any atom is 0.276 e. The summed E-state index contributed by atoms with van der Waals surface area (Å²) in [5.41, 5.74) is 3.09. The number of nitrogens with one attached hydrogen (secondary N) is 1. The summed E-state index contributed by atoms with van der Waals surface area (Å²) in [4.78, 5) is 14.6. The quantitative estimate of drug-likeness (QED) is 0.608. The average molecular weight is 380 g/mol. The molecule has 3 nitrogen and oxygen atoms in total. The highest BCUT2D eigenvalue weighted by molar-refractivity contribution is 7.80. The normalized spacial score (nSPS) is 19.6. The minimum absolute atomic E-state index is 0.0527. The summed E-state index contributed by atoms with van der Waals surface area (Å²) in [5.74, 6) is -0.319. The van der Waals surface area contributed by atoms with Gasteiger partial charge in [0.2, 0.25) is 0 Å². The van der Waals surface area contributed by atoms with Crippen LogP contribution in [0.2, 0.25) is 0 Å². The molecule has 1 saturated heterocycles.